The van der Waals surface area contributed by atoms with Gasteiger partial charge in [-0.15, -0.1) is 0 Å². The van der Waals surface area contributed by atoms with E-state index in [2.05, 4.69) is 16.0 Å². The van der Waals surface area contributed by atoms with Gasteiger partial charge in [0.25, 0.3) is 5.56 Å². The van der Waals surface area contributed by atoms with E-state index in [1.807, 2.05) is 84.7 Å². The van der Waals surface area contributed by atoms with Crippen LogP contribution in [0.1, 0.15) is 72.4 Å². The molecule has 1 aliphatic rings. The molecule has 0 radical (unpaired) electrons. The number of carbonyl (C=O) groups is 2. The van der Waals surface area contributed by atoms with E-state index in [-0.39, 0.29) is 35.6 Å². The summed E-state index contributed by atoms with van der Waals surface area (Å²) in [6, 6.07) is 7.62. The molecule has 3 heterocycles. The third-order valence-electron chi connectivity index (χ3n) is 7.84. The van der Waals surface area contributed by atoms with Crippen LogP contribution < -0.4 is 10.9 Å². The lowest BCUT2D eigenvalue weighted by molar-refractivity contribution is -0.151. The molecule has 0 spiro atoms. The van der Waals surface area contributed by atoms with Gasteiger partial charge in [-0.1, -0.05) is 19.9 Å². The van der Waals surface area contributed by atoms with Crippen LogP contribution in [0.15, 0.2) is 35.3 Å². The van der Waals surface area contributed by atoms with Crippen molar-refractivity contribution in [3.05, 3.63) is 51.9 Å². The van der Waals surface area contributed by atoms with Crippen molar-refractivity contribution in [3.63, 3.8) is 0 Å². The largest absolute Gasteiger partial charge is 0.462 e. The van der Waals surface area contributed by atoms with Crippen molar-refractivity contribution >= 4 is 23.1 Å². The van der Waals surface area contributed by atoms with Crippen molar-refractivity contribution in [3.8, 4) is 11.4 Å². The Balaban J connectivity index is 1.69. The van der Waals surface area contributed by atoms with Crippen LogP contribution in [0.5, 0.6) is 0 Å². The number of hydrogen-bond acceptors (Lipinski definition) is 7. The molecule has 1 N–H and O–H groups in total. The van der Waals surface area contributed by atoms with Crippen LogP contribution in [0, 0.1) is 18.8 Å². The molecule has 0 saturated carbocycles. The maximum atomic E-state index is 12.9. The van der Waals surface area contributed by atoms with E-state index in [0.29, 0.717) is 31.7 Å². The van der Waals surface area contributed by atoms with E-state index in [0.717, 1.165) is 40.8 Å². The van der Waals surface area contributed by atoms with Gasteiger partial charge in [0.1, 0.15) is 17.5 Å². The van der Waals surface area contributed by atoms with Gasteiger partial charge >= 0.3 is 12.1 Å². The Morgan fingerprint density at radius 2 is 1.86 bits per heavy atom. The first kappa shape index (κ1) is 33.2. The summed E-state index contributed by atoms with van der Waals surface area (Å²) in [6.07, 6.45) is 3.23. The average molecular weight is 608 g/mol. The molecule has 10 nitrogen and oxygen atoms in total. The number of amides is 1. The molecule has 1 aromatic carbocycles. The van der Waals surface area contributed by atoms with Crippen molar-refractivity contribution in [1.29, 1.82) is 0 Å². The number of pyridine rings is 1. The lowest BCUT2D eigenvalue weighted by Gasteiger charge is -2.34. The van der Waals surface area contributed by atoms with Crippen LogP contribution in [-0.2, 0) is 34.4 Å². The number of imidazole rings is 1. The van der Waals surface area contributed by atoms with Gasteiger partial charge in [-0.2, -0.15) is 0 Å². The first-order valence-electron chi connectivity index (χ1n) is 15.7. The third-order valence-corrected chi connectivity index (χ3v) is 7.84. The fourth-order valence-corrected chi connectivity index (χ4v) is 5.77. The molecule has 3 aromatic rings. The van der Waals surface area contributed by atoms with E-state index in [1.54, 1.807) is 11.6 Å². The second-order valence-electron chi connectivity index (χ2n) is 13.7. The molecule has 1 unspecified atom stereocenters. The Bertz CT molecular complexity index is 1520. The predicted molar refractivity (Wildman–Crippen MR) is 172 cm³/mol. The first-order valence-corrected chi connectivity index (χ1v) is 15.7. The van der Waals surface area contributed by atoms with E-state index in [9.17, 15) is 14.4 Å². The lowest BCUT2D eigenvalue weighted by Crippen LogP contribution is -2.43. The van der Waals surface area contributed by atoms with Crippen LogP contribution in [0.2, 0.25) is 0 Å². The molecule has 4 rings (SSSR count). The molecule has 1 amide bonds. The highest BCUT2D eigenvalue weighted by molar-refractivity contribution is 5.81. The standard InChI is InChI=1S/C34H49N5O5/c1-21(2)29(32(41)43-22(3)4)35-17-24-12-13-27-28(16-24)39(30(36-27)26-15-23(5)31(40)37(9)20-26)19-25-11-10-14-38(18-25)33(42)44-34(6,7)8/h12-13,15-16,20-22,25,29,35H,10-11,14,17-19H2,1-9H3/t25-,29?/m1/s1. The molecule has 1 saturated heterocycles. The Hall–Kier alpha value is -3.66. The number of benzene rings is 1. The fourth-order valence-electron chi connectivity index (χ4n) is 5.77. The Morgan fingerprint density at radius 1 is 1.14 bits per heavy atom. The highest BCUT2D eigenvalue weighted by Crippen LogP contribution is 2.29. The monoisotopic (exact) mass is 607 g/mol. The van der Waals surface area contributed by atoms with E-state index in [1.165, 1.54) is 0 Å². The van der Waals surface area contributed by atoms with Gasteiger partial charge in [-0.25, -0.2) is 9.78 Å². The van der Waals surface area contributed by atoms with Crippen molar-refractivity contribution in [2.45, 2.75) is 99.1 Å². The quantitative estimate of drug-likeness (QED) is 0.324. The van der Waals surface area contributed by atoms with Gasteiger partial charge in [0.2, 0.25) is 0 Å². The molecule has 0 aliphatic carbocycles. The van der Waals surface area contributed by atoms with Gasteiger partial charge < -0.3 is 28.8 Å². The number of aryl methyl sites for hydroxylation is 2. The number of fused-ring (bicyclic) bond motifs is 1. The maximum absolute atomic E-state index is 12.9. The van der Waals surface area contributed by atoms with E-state index < -0.39 is 11.6 Å². The molecule has 44 heavy (non-hydrogen) atoms. The number of carbonyl (C=O) groups excluding carboxylic acids is 2. The number of nitrogens with one attached hydrogen (secondary N) is 1. The second kappa shape index (κ2) is 13.5. The van der Waals surface area contributed by atoms with Crippen LogP contribution in [0.25, 0.3) is 22.4 Å². The maximum Gasteiger partial charge on any atom is 0.410 e. The van der Waals surface area contributed by atoms with Gasteiger partial charge in [-0.05, 0) is 90.0 Å². The minimum Gasteiger partial charge on any atom is -0.462 e. The summed E-state index contributed by atoms with van der Waals surface area (Å²) in [5.41, 5.74) is 3.74. The summed E-state index contributed by atoms with van der Waals surface area (Å²) in [5, 5.41) is 3.40. The average Bonchev–Trinajstić information content (AvgIpc) is 3.27. The predicted octanol–water partition coefficient (Wildman–Crippen LogP) is 5.42. The summed E-state index contributed by atoms with van der Waals surface area (Å²) >= 11 is 0. The van der Waals surface area contributed by atoms with Crippen LogP contribution in [-0.4, -0.2) is 61.9 Å². The number of aromatic nitrogens is 3. The Kier molecular flexibility index (Phi) is 10.2. The molecule has 2 aromatic heterocycles. The Morgan fingerprint density at radius 3 is 2.50 bits per heavy atom. The molecule has 1 aliphatic heterocycles. The zero-order chi connectivity index (χ0) is 32.3. The van der Waals surface area contributed by atoms with Crippen molar-refractivity contribution in [1.82, 2.24) is 24.3 Å². The Labute approximate surface area is 260 Å². The summed E-state index contributed by atoms with van der Waals surface area (Å²) in [5.74, 6) is 0.785. The number of hydrogen-bond donors (Lipinski definition) is 1. The minimum absolute atomic E-state index is 0.0410. The van der Waals surface area contributed by atoms with Gasteiger partial charge in [-0.3, -0.25) is 9.59 Å². The number of piperidine rings is 1. The minimum atomic E-state index is -0.552. The van der Waals surface area contributed by atoms with Crippen LogP contribution >= 0.6 is 0 Å². The fraction of sp³-hybridized carbons (Fsp3) is 0.588. The zero-order valence-corrected chi connectivity index (χ0v) is 27.8. The molecule has 2 atom stereocenters. The SMILES string of the molecule is Cc1cc(-c2nc3ccc(CNC(C(=O)OC(C)C)C(C)C)cc3n2C[C@@H]2CCCN(C(=O)OC(C)(C)C)C2)cn(C)c1=O. The lowest BCUT2D eigenvalue weighted by atomic mass is 9.98. The highest BCUT2D eigenvalue weighted by Gasteiger charge is 2.29. The van der Waals surface area contributed by atoms with Gasteiger partial charge in [0.05, 0.1) is 17.1 Å². The number of ether oxygens (including phenoxy) is 2. The molecular weight excluding hydrogens is 558 g/mol. The summed E-state index contributed by atoms with van der Waals surface area (Å²) in [4.78, 5) is 45.0. The van der Waals surface area contributed by atoms with Crippen molar-refractivity contribution in [2.24, 2.45) is 18.9 Å². The van der Waals surface area contributed by atoms with E-state index >= 15 is 0 Å². The van der Waals surface area contributed by atoms with Crippen molar-refractivity contribution < 1.29 is 19.1 Å². The summed E-state index contributed by atoms with van der Waals surface area (Å²) in [6.45, 7) is 17.6. The zero-order valence-electron chi connectivity index (χ0n) is 27.8. The number of likely N-dealkylation sites (tertiary alicyclic amines) is 1. The normalized spacial score (nSPS) is 16.5. The molecule has 1 fully saturated rings. The number of nitrogens with zero attached hydrogens (tertiary/aromatic N) is 4. The molecule has 0 bridgehead atoms. The number of rotatable bonds is 9. The molecule has 10 heteroatoms. The summed E-state index contributed by atoms with van der Waals surface area (Å²) < 4.78 is 15.0. The summed E-state index contributed by atoms with van der Waals surface area (Å²) in [7, 11) is 1.75. The van der Waals surface area contributed by atoms with Crippen LogP contribution in [0.3, 0.4) is 0 Å². The van der Waals surface area contributed by atoms with Gasteiger partial charge in [0, 0.05) is 50.6 Å². The van der Waals surface area contributed by atoms with Gasteiger partial charge in [0.15, 0.2) is 0 Å². The van der Waals surface area contributed by atoms with Crippen molar-refractivity contribution in [2.75, 3.05) is 13.1 Å². The molecular formula is C34H49N5O5. The molecule has 240 valence electrons. The highest BCUT2D eigenvalue weighted by atomic mass is 16.6. The topological polar surface area (TPSA) is 108 Å². The smallest absolute Gasteiger partial charge is 0.410 e. The van der Waals surface area contributed by atoms with E-state index in [4.69, 9.17) is 14.5 Å². The van der Waals surface area contributed by atoms with Crippen LogP contribution in [0.4, 0.5) is 4.79 Å². The second-order valence-corrected chi connectivity index (χ2v) is 13.7. The first-order chi connectivity index (χ1) is 20.6. The third kappa shape index (κ3) is 8.08. The number of esters is 1.